The van der Waals surface area contributed by atoms with Gasteiger partial charge in [0.25, 0.3) is 5.91 Å². The van der Waals surface area contributed by atoms with Crippen LogP contribution in [0.4, 0.5) is 0 Å². The van der Waals surface area contributed by atoms with E-state index >= 15 is 0 Å². The van der Waals surface area contributed by atoms with Crippen molar-refractivity contribution in [1.29, 1.82) is 0 Å². The second-order valence-electron chi connectivity index (χ2n) is 4.83. The van der Waals surface area contributed by atoms with Gasteiger partial charge in [0.2, 0.25) is 0 Å². The molecule has 1 aromatic rings. The molecule has 0 bridgehead atoms. The number of phenolic OH excluding ortho intramolecular Hbond substituents is 1. The molecule has 1 saturated carbocycles. The van der Waals surface area contributed by atoms with Crippen LogP contribution < -0.4 is 5.32 Å². The Bertz CT molecular complexity index is 426. The molecule has 0 radical (unpaired) electrons. The van der Waals surface area contributed by atoms with Crippen molar-refractivity contribution in [3.63, 3.8) is 0 Å². The SMILES string of the molecule is O=C(NC1CCCCCC1)c1cc(O)ccc1Cl. The molecular formula is C14H18ClNO2. The molecule has 0 unspecified atom stereocenters. The number of carbonyl (C=O) groups is 1. The largest absolute Gasteiger partial charge is 0.508 e. The molecular weight excluding hydrogens is 250 g/mol. The van der Waals surface area contributed by atoms with Crippen molar-refractivity contribution in [3.8, 4) is 5.75 Å². The summed E-state index contributed by atoms with van der Waals surface area (Å²) in [6, 6.07) is 4.66. The molecule has 1 amide bonds. The van der Waals surface area contributed by atoms with Crippen molar-refractivity contribution < 1.29 is 9.90 Å². The van der Waals surface area contributed by atoms with E-state index in [4.69, 9.17) is 11.6 Å². The highest BCUT2D eigenvalue weighted by atomic mass is 35.5. The lowest BCUT2D eigenvalue weighted by molar-refractivity contribution is 0.0933. The third-order valence-corrected chi connectivity index (χ3v) is 3.71. The molecule has 0 saturated heterocycles. The predicted molar refractivity (Wildman–Crippen MR) is 72.1 cm³/mol. The van der Waals surface area contributed by atoms with Crippen molar-refractivity contribution >= 4 is 17.5 Å². The summed E-state index contributed by atoms with van der Waals surface area (Å²) in [4.78, 5) is 12.1. The minimum absolute atomic E-state index is 0.0606. The van der Waals surface area contributed by atoms with Gasteiger partial charge < -0.3 is 10.4 Å². The molecule has 0 aromatic heterocycles. The predicted octanol–water partition coefficient (Wildman–Crippen LogP) is 3.50. The quantitative estimate of drug-likeness (QED) is 0.806. The zero-order valence-corrected chi connectivity index (χ0v) is 11.0. The van der Waals surface area contributed by atoms with Gasteiger partial charge >= 0.3 is 0 Å². The lowest BCUT2D eigenvalue weighted by atomic mass is 10.1. The smallest absolute Gasteiger partial charge is 0.253 e. The molecule has 0 spiro atoms. The van der Waals surface area contributed by atoms with Crippen LogP contribution in [-0.4, -0.2) is 17.1 Å². The zero-order chi connectivity index (χ0) is 13.0. The van der Waals surface area contributed by atoms with E-state index in [0.29, 0.717) is 10.6 Å². The molecule has 1 aromatic carbocycles. The fraction of sp³-hybridized carbons (Fsp3) is 0.500. The van der Waals surface area contributed by atoms with E-state index < -0.39 is 0 Å². The van der Waals surface area contributed by atoms with Crippen LogP contribution in [0.25, 0.3) is 0 Å². The van der Waals surface area contributed by atoms with Gasteiger partial charge in [-0.3, -0.25) is 4.79 Å². The molecule has 3 nitrogen and oxygen atoms in total. The summed E-state index contributed by atoms with van der Waals surface area (Å²) >= 11 is 5.97. The Morgan fingerprint density at radius 1 is 1.22 bits per heavy atom. The van der Waals surface area contributed by atoms with Gasteiger partial charge in [-0.15, -0.1) is 0 Å². The lowest BCUT2D eigenvalue weighted by Gasteiger charge is -2.16. The highest BCUT2D eigenvalue weighted by Crippen LogP contribution is 2.22. The van der Waals surface area contributed by atoms with E-state index in [1.807, 2.05) is 0 Å². The standard InChI is InChI=1S/C14H18ClNO2/c15-13-8-7-11(17)9-12(13)14(18)16-10-5-3-1-2-4-6-10/h7-10,17H,1-6H2,(H,16,18). The fourth-order valence-corrected chi connectivity index (χ4v) is 2.58. The van der Waals surface area contributed by atoms with Crippen LogP contribution in [0, 0.1) is 0 Å². The maximum absolute atomic E-state index is 12.1. The summed E-state index contributed by atoms with van der Waals surface area (Å²) < 4.78 is 0. The van der Waals surface area contributed by atoms with E-state index in [0.717, 1.165) is 12.8 Å². The molecule has 0 aliphatic heterocycles. The summed E-state index contributed by atoms with van der Waals surface area (Å²) in [6.45, 7) is 0. The van der Waals surface area contributed by atoms with Crippen LogP contribution in [0.15, 0.2) is 18.2 Å². The maximum Gasteiger partial charge on any atom is 0.253 e. The molecule has 1 fully saturated rings. The summed E-state index contributed by atoms with van der Waals surface area (Å²) in [6.07, 6.45) is 6.89. The van der Waals surface area contributed by atoms with Gasteiger partial charge in [0.1, 0.15) is 5.75 Å². The van der Waals surface area contributed by atoms with Crippen molar-refractivity contribution in [2.24, 2.45) is 0 Å². The summed E-state index contributed by atoms with van der Waals surface area (Å²) in [7, 11) is 0. The highest BCUT2D eigenvalue weighted by molar-refractivity contribution is 6.33. The number of rotatable bonds is 2. The first-order valence-corrected chi connectivity index (χ1v) is 6.84. The van der Waals surface area contributed by atoms with Gasteiger partial charge in [-0.05, 0) is 31.0 Å². The van der Waals surface area contributed by atoms with Crippen molar-refractivity contribution in [1.82, 2.24) is 5.32 Å². The second kappa shape index (κ2) is 6.10. The Kier molecular flexibility index (Phi) is 4.48. The average molecular weight is 268 g/mol. The molecule has 4 heteroatoms. The third kappa shape index (κ3) is 3.39. The van der Waals surface area contributed by atoms with Crippen LogP contribution in [0.1, 0.15) is 48.9 Å². The number of aromatic hydroxyl groups is 1. The summed E-state index contributed by atoms with van der Waals surface area (Å²) in [5.41, 5.74) is 0.348. The van der Waals surface area contributed by atoms with E-state index in [9.17, 15) is 9.90 Å². The Morgan fingerprint density at radius 3 is 2.56 bits per heavy atom. The number of hydrogen-bond donors (Lipinski definition) is 2. The molecule has 1 aliphatic rings. The topological polar surface area (TPSA) is 49.3 Å². The van der Waals surface area contributed by atoms with Crippen LogP contribution in [0.5, 0.6) is 5.75 Å². The third-order valence-electron chi connectivity index (χ3n) is 3.38. The van der Waals surface area contributed by atoms with Gasteiger partial charge in [0, 0.05) is 6.04 Å². The van der Waals surface area contributed by atoms with Gasteiger partial charge in [-0.25, -0.2) is 0 Å². The van der Waals surface area contributed by atoms with Crippen LogP contribution in [0.2, 0.25) is 5.02 Å². The lowest BCUT2D eigenvalue weighted by Crippen LogP contribution is -2.34. The number of phenols is 1. The second-order valence-corrected chi connectivity index (χ2v) is 5.23. The van der Waals surface area contributed by atoms with Crippen molar-refractivity contribution in [2.75, 3.05) is 0 Å². The van der Waals surface area contributed by atoms with Gasteiger partial charge in [-0.2, -0.15) is 0 Å². The summed E-state index contributed by atoms with van der Waals surface area (Å²) in [5.74, 6) is -0.131. The van der Waals surface area contributed by atoms with Crippen molar-refractivity contribution in [2.45, 2.75) is 44.6 Å². The average Bonchev–Trinajstić information content (AvgIpc) is 2.61. The first-order valence-electron chi connectivity index (χ1n) is 6.46. The molecule has 98 valence electrons. The van der Waals surface area contributed by atoms with Gasteiger partial charge in [0.05, 0.1) is 10.6 Å². The zero-order valence-electron chi connectivity index (χ0n) is 10.3. The number of hydrogen-bond acceptors (Lipinski definition) is 2. The Hall–Kier alpha value is -1.22. The van der Waals surface area contributed by atoms with Gasteiger partial charge in [-0.1, -0.05) is 37.3 Å². The maximum atomic E-state index is 12.1. The molecule has 0 atom stereocenters. The molecule has 2 N–H and O–H groups in total. The van der Waals surface area contributed by atoms with E-state index in [-0.39, 0.29) is 17.7 Å². The first-order chi connectivity index (χ1) is 8.66. The molecule has 0 heterocycles. The normalized spacial score (nSPS) is 17.2. The van der Waals surface area contributed by atoms with Crippen LogP contribution in [-0.2, 0) is 0 Å². The first kappa shape index (κ1) is 13.2. The number of carbonyl (C=O) groups excluding carboxylic acids is 1. The molecule has 1 aliphatic carbocycles. The number of benzene rings is 1. The van der Waals surface area contributed by atoms with Crippen LogP contribution in [0.3, 0.4) is 0 Å². The summed E-state index contributed by atoms with van der Waals surface area (Å²) in [5, 5.41) is 12.8. The Balaban J connectivity index is 2.04. The van der Waals surface area contributed by atoms with E-state index in [2.05, 4.69) is 5.32 Å². The number of nitrogens with one attached hydrogen (secondary N) is 1. The minimum atomic E-state index is -0.192. The molecule has 18 heavy (non-hydrogen) atoms. The highest BCUT2D eigenvalue weighted by Gasteiger charge is 2.17. The molecule has 2 rings (SSSR count). The Morgan fingerprint density at radius 2 is 1.89 bits per heavy atom. The minimum Gasteiger partial charge on any atom is -0.508 e. The monoisotopic (exact) mass is 267 g/mol. The van der Waals surface area contributed by atoms with E-state index in [1.165, 1.54) is 37.8 Å². The van der Waals surface area contributed by atoms with Crippen molar-refractivity contribution in [3.05, 3.63) is 28.8 Å². The number of halogens is 1. The van der Waals surface area contributed by atoms with Crippen LogP contribution >= 0.6 is 11.6 Å². The number of amides is 1. The van der Waals surface area contributed by atoms with Gasteiger partial charge in [0.15, 0.2) is 0 Å². The fourth-order valence-electron chi connectivity index (χ4n) is 2.37. The van der Waals surface area contributed by atoms with E-state index in [1.54, 1.807) is 6.07 Å². The Labute approximate surface area is 112 Å².